The Hall–Kier alpha value is -2.98. The first-order valence-electron chi connectivity index (χ1n) is 13.7. The van der Waals surface area contributed by atoms with Crippen LogP contribution in [0.5, 0.6) is 0 Å². The maximum Gasteiger partial charge on any atom is 0.308 e. The SMILES string of the molecule is CCCCCc1ccc(-c2ccc(-c3ccc(CCO)c(CCOC(=O)C(C)C)c3F)cc2CC)cc1. The summed E-state index contributed by atoms with van der Waals surface area (Å²) in [6, 6.07) is 18.6. The predicted octanol–water partition coefficient (Wildman–Crippen LogP) is 7.73. The molecule has 0 aromatic heterocycles. The molecule has 0 aliphatic carbocycles. The molecule has 0 aliphatic rings. The molecule has 0 saturated heterocycles. The van der Waals surface area contributed by atoms with Crippen molar-refractivity contribution in [2.45, 2.75) is 72.6 Å². The van der Waals surface area contributed by atoms with Gasteiger partial charge in [0, 0.05) is 18.6 Å². The fraction of sp³-hybridized carbons (Fsp3) is 0.424. The molecule has 37 heavy (non-hydrogen) atoms. The zero-order valence-electron chi connectivity index (χ0n) is 22.8. The summed E-state index contributed by atoms with van der Waals surface area (Å²) in [6.07, 6.45) is 6.28. The van der Waals surface area contributed by atoms with E-state index in [0.717, 1.165) is 24.0 Å². The highest BCUT2D eigenvalue weighted by Crippen LogP contribution is 2.33. The third-order valence-electron chi connectivity index (χ3n) is 6.92. The maximum absolute atomic E-state index is 15.8. The van der Waals surface area contributed by atoms with Crippen molar-refractivity contribution in [3.8, 4) is 22.3 Å². The van der Waals surface area contributed by atoms with Crippen molar-refractivity contribution in [1.82, 2.24) is 0 Å². The lowest BCUT2D eigenvalue weighted by Gasteiger charge is -2.16. The number of halogens is 1. The van der Waals surface area contributed by atoms with Gasteiger partial charge in [-0.25, -0.2) is 4.39 Å². The highest BCUT2D eigenvalue weighted by molar-refractivity contribution is 5.75. The molecule has 1 N–H and O–H groups in total. The average Bonchev–Trinajstić information content (AvgIpc) is 2.90. The summed E-state index contributed by atoms with van der Waals surface area (Å²) >= 11 is 0. The number of aryl methyl sites for hydroxylation is 2. The molecule has 0 aliphatic heterocycles. The third kappa shape index (κ3) is 7.52. The lowest BCUT2D eigenvalue weighted by atomic mass is 9.90. The van der Waals surface area contributed by atoms with Crippen LogP contribution in [0.25, 0.3) is 22.3 Å². The second-order valence-electron chi connectivity index (χ2n) is 9.99. The summed E-state index contributed by atoms with van der Waals surface area (Å²) in [7, 11) is 0. The van der Waals surface area contributed by atoms with E-state index in [1.807, 2.05) is 12.1 Å². The molecule has 198 valence electrons. The van der Waals surface area contributed by atoms with E-state index in [1.165, 1.54) is 41.5 Å². The molecule has 0 fully saturated rings. The van der Waals surface area contributed by atoms with Gasteiger partial charge in [-0.3, -0.25) is 4.79 Å². The minimum Gasteiger partial charge on any atom is -0.465 e. The Balaban J connectivity index is 1.88. The molecule has 0 spiro atoms. The minimum atomic E-state index is -0.308. The lowest BCUT2D eigenvalue weighted by molar-refractivity contribution is -0.147. The molecular formula is C33H41FO3. The topological polar surface area (TPSA) is 46.5 Å². The number of hydrogen-bond donors (Lipinski definition) is 1. The number of carbonyl (C=O) groups is 1. The van der Waals surface area contributed by atoms with E-state index in [4.69, 9.17) is 4.74 Å². The van der Waals surface area contributed by atoms with Crippen LogP contribution in [-0.2, 0) is 35.2 Å². The number of ether oxygens (including phenoxy) is 1. The van der Waals surface area contributed by atoms with E-state index in [-0.39, 0.29) is 37.3 Å². The summed E-state index contributed by atoms with van der Waals surface area (Å²) < 4.78 is 21.1. The Morgan fingerprint density at radius 3 is 2.22 bits per heavy atom. The Morgan fingerprint density at radius 2 is 1.57 bits per heavy atom. The molecule has 0 saturated carbocycles. The van der Waals surface area contributed by atoms with Crippen LogP contribution in [0.4, 0.5) is 4.39 Å². The molecule has 3 nitrogen and oxygen atoms in total. The number of hydrogen-bond acceptors (Lipinski definition) is 3. The van der Waals surface area contributed by atoms with E-state index < -0.39 is 0 Å². The second kappa shape index (κ2) is 14.1. The van der Waals surface area contributed by atoms with Crippen molar-refractivity contribution in [2.75, 3.05) is 13.2 Å². The van der Waals surface area contributed by atoms with E-state index >= 15 is 4.39 Å². The van der Waals surface area contributed by atoms with Gasteiger partial charge in [-0.1, -0.05) is 95.1 Å². The minimum absolute atomic E-state index is 0.0658. The highest BCUT2D eigenvalue weighted by Gasteiger charge is 2.17. The van der Waals surface area contributed by atoms with Gasteiger partial charge in [0.15, 0.2) is 0 Å². The van der Waals surface area contributed by atoms with Crippen LogP contribution in [-0.4, -0.2) is 24.3 Å². The van der Waals surface area contributed by atoms with Gasteiger partial charge in [-0.2, -0.15) is 0 Å². The van der Waals surface area contributed by atoms with Crippen molar-refractivity contribution >= 4 is 5.97 Å². The molecule has 4 heteroatoms. The van der Waals surface area contributed by atoms with Crippen LogP contribution >= 0.6 is 0 Å². The number of aliphatic hydroxyl groups is 1. The van der Waals surface area contributed by atoms with Crippen LogP contribution in [0, 0.1) is 11.7 Å². The van der Waals surface area contributed by atoms with Gasteiger partial charge < -0.3 is 9.84 Å². The highest BCUT2D eigenvalue weighted by atomic mass is 19.1. The summed E-state index contributed by atoms with van der Waals surface area (Å²) in [6.45, 7) is 7.94. The van der Waals surface area contributed by atoms with Crippen molar-refractivity contribution in [1.29, 1.82) is 0 Å². The van der Waals surface area contributed by atoms with E-state index in [2.05, 4.69) is 50.2 Å². The van der Waals surface area contributed by atoms with E-state index in [0.29, 0.717) is 17.5 Å². The summed E-state index contributed by atoms with van der Waals surface area (Å²) in [5.74, 6) is -0.827. The van der Waals surface area contributed by atoms with Gasteiger partial charge >= 0.3 is 5.97 Å². The van der Waals surface area contributed by atoms with Crippen LogP contribution in [0.2, 0.25) is 0 Å². The number of carbonyl (C=O) groups excluding carboxylic acids is 1. The maximum atomic E-state index is 15.8. The Kier molecular flexibility index (Phi) is 10.9. The van der Waals surface area contributed by atoms with E-state index in [9.17, 15) is 9.90 Å². The normalized spacial score (nSPS) is 11.2. The standard InChI is InChI=1S/C33H41FO3/c1-5-7-8-9-24-10-12-26(13-11-24)29-16-15-28(22-25(29)6-2)30-17-14-27(18-20-35)31(32(30)34)19-21-37-33(36)23(3)4/h10-17,22-23,35H,5-9,18-21H2,1-4H3. The van der Waals surface area contributed by atoms with Crippen molar-refractivity contribution < 1.29 is 19.0 Å². The smallest absolute Gasteiger partial charge is 0.308 e. The predicted molar refractivity (Wildman–Crippen MR) is 150 cm³/mol. The lowest BCUT2D eigenvalue weighted by Crippen LogP contribution is -2.15. The zero-order chi connectivity index (χ0) is 26.8. The molecule has 0 bridgehead atoms. The van der Waals surface area contributed by atoms with Gasteiger partial charge in [0.05, 0.1) is 12.5 Å². The molecule has 0 amide bonds. The molecule has 0 radical (unpaired) electrons. The number of esters is 1. The number of benzene rings is 3. The van der Waals surface area contributed by atoms with Crippen molar-refractivity contribution in [3.05, 3.63) is 82.7 Å². The Bertz CT molecular complexity index is 1160. The monoisotopic (exact) mass is 504 g/mol. The van der Waals surface area contributed by atoms with Crippen LogP contribution in [0.15, 0.2) is 54.6 Å². The first kappa shape index (κ1) is 28.6. The average molecular weight is 505 g/mol. The molecule has 0 unspecified atom stereocenters. The fourth-order valence-electron chi connectivity index (χ4n) is 4.69. The molecule has 3 rings (SSSR count). The van der Waals surface area contributed by atoms with Crippen molar-refractivity contribution in [2.24, 2.45) is 5.92 Å². The first-order chi connectivity index (χ1) is 17.9. The van der Waals surface area contributed by atoms with Crippen LogP contribution in [0.3, 0.4) is 0 Å². The van der Waals surface area contributed by atoms with Gasteiger partial charge in [0.1, 0.15) is 5.82 Å². The molecule has 3 aromatic rings. The number of aliphatic hydroxyl groups excluding tert-OH is 1. The third-order valence-corrected chi connectivity index (χ3v) is 6.92. The van der Waals surface area contributed by atoms with Gasteiger partial charge in [0.2, 0.25) is 0 Å². The first-order valence-corrected chi connectivity index (χ1v) is 13.7. The fourth-order valence-corrected chi connectivity index (χ4v) is 4.69. The summed E-state index contributed by atoms with van der Waals surface area (Å²) in [4.78, 5) is 11.9. The summed E-state index contributed by atoms with van der Waals surface area (Å²) in [5, 5.41) is 9.48. The second-order valence-corrected chi connectivity index (χ2v) is 9.99. The van der Waals surface area contributed by atoms with Gasteiger partial charge in [-0.15, -0.1) is 0 Å². The van der Waals surface area contributed by atoms with Gasteiger partial charge in [0.25, 0.3) is 0 Å². The Morgan fingerprint density at radius 1 is 0.865 bits per heavy atom. The van der Waals surface area contributed by atoms with Gasteiger partial charge in [-0.05, 0) is 64.6 Å². The molecule has 0 heterocycles. The largest absolute Gasteiger partial charge is 0.465 e. The molecule has 0 atom stereocenters. The molecule has 3 aromatic carbocycles. The number of unbranched alkanes of at least 4 members (excludes halogenated alkanes) is 2. The number of rotatable bonds is 13. The zero-order valence-corrected chi connectivity index (χ0v) is 22.8. The Labute approximate surface area is 221 Å². The van der Waals surface area contributed by atoms with Crippen LogP contribution < -0.4 is 0 Å². The van der Waals surface area contributed by atoms with E-state index in [1.54, 1.807) is 19.9 Å². The van der Waals surface area contributed by atoms with Crippen LogP contribution in [0.1, 0.15) is 69.2 Å². The summed E-state index contributed by atoms with van der Waals surface area (Å²) in [5.41, 5.74) is 7.48. The van der Waals surface area contributed by atoms with Crippen molar-refractivity contribution in [3.63, 3.8) is 0 Å². The molecular weight excluding hydrogens is 463 g/mol. The quantitative estimate of drug-likeness (QED) is 0.191.